The third-order valence-electron chi connectivity index (χ3n) is 7.41. The molecule has 5 rings (SSSR count). The van der Waals surface area contributed by atoms with Crippen molar-refractivity contribution in [2.45, 2.75) is 71.2 Å². The highest BCUT2D eigenvalue weighted by Gasteiger charge is 2.35. The molecule has 1 atom stereocenters. The number of aromatic amines is 1. The smallest absolute Gasteiger partial charge is 0.408 e. The van der Waals surface area contributed by atoms with Gasteiger partial charge in [0.1, 0.15) is 17.0 Å². The highest BCUT2D eigenvalue weighted by molar-refractivity contribution is 9.10. The summed E-state index contributed by atoms with van der Waals surface area (Å²) in [7, 11) is 0. The van der Waals surface area contributed by atoms with E-state index in [9.17, 15) is 9.59 Å². The first-order valence-corrected chi connectivity index (χ1v) is 15.7. The van der Waals surface area contributed by atoms with Gasteiger partial charge in [-0.2, -0.15) is 0 Å². The van der Waals surface area contributed by atoms with E-state index < -0.39 is 23.3 Å². The van der Waals surface area contributed by atoms with E-state index in [-0.39, 0.29) is 5.91 Å². The van der Waals surface area contributed by atoms with Crippen LogP contribution in [-0.2, 0) is 28.9 Å². The monoisotopic (exact) mass is 670 g/mol. The van der Waals surface area contributed by atoms with E-state index in [1.54, 1.807) is 34.6 Å². The number of H-pyrrole nitrogens is 1. The zero-order valence-corrected chi connectivity index (χ0v) is 27.8. The minimum atomic E-state index is -1.27. The number of carbonyl (C=O) groups excluding carboxylic acids is 2. The van der Waals surface area contributed by atoms with Gasteiger partial charge in [-0.15, -0.1) is 10.2 Å². The number of carbonyl (C=O) groups is 2. The lowest BCUT2D eigenvalue weighted by molar-refractivity contribution is -0.127. The summed E-state index contributed by atoms with van der Waals surface area (Å²) in [5.74, 6) is 1.03. The number of rotatable bonds is 10. The molecular formula is C35H39BrN6O3. The second-order valence-electron chi connectivity index (χ2n) is 12.7. The van der Waals surface area contributed by atoms with Crippen LogP contribution < -0.4 is 10.6 Å². The van der Waals surface area contributed by atoms with E-state index in [1.807, 2.05) is 54.7 Å². The van der Waals surface area contributed by atoms with E-state index in [0.29, 0.717) is 25.2 Å². The average molecular weight is 672 g/mol. The van der Waals surface area contributed by atoms with Gasteiger partial charge in [0.2, 0.25) is 5.91 Å². The summed E-state index contributed by atoms with van der Waals surface area (Å²) >= 11 is 3.53. The normalized spacial score (nSPS) is 12.6. The third kappa shape index (κ3) is 8.19. The first kappa shape index (κ1) is 32.0. The summed E-state index contributed by atoms with van der Waals surface area (Å²) in [6, 6.07) is 25.7. The number of amides is 2. The van der Waals surface area contributed by atoms with Crippen molar-refractivity contribution in [3.05, 3.63) is 118 Å². The van der Waals surface area contributed by atoms with Crippen LogP contribution in [-0.4, -0.2) is 42.9 Å². The minimum Gasteiger partial charge on any atom is -0.444 e. The number of nitrogens with one attached hydrogen (secondary N) is 3. The number of alkyl carbamates (subject to hydrolysis) is 1. The zero-order chi connectivity index (χ0) is 32.2. The summed E-state index contributed by atoms with van der Waals surface area (Å²) in [5.41, 5.74) is 2.23. The molecular weight excluding hydrogens is 632 g/mol. The first-order chi connectivity index (χ1) is 21.4. The largest absolute Gasteiger partial charge is 0.444 e. The van der Waals surface area contributed by atoms with Crippen molar-refractivity contribution >= 4 is 38.8 Å². The van der Waals surface area contributed by atoms with Gasteiger partial charge in [0, 0.05) is 34.4 Å². The molecule has 2 aromatic heterocycles. The van der Waals surface area contributed by atoms with Gasteiger partial charge in [-0.1, -0.05) is 76.6 Å². The lowest BCUT2D eigenvalue weighted by atomic mass is 10.0. The first-order valence-electron chi connectivity index (χ1n) is 15.0. The quantitative estimate of drug-likeness (QED) is 0.150. The fourth-order valence-corrected chi connectivity index (χ4v) is 5.41. The zero-order valence-electron chi connectivity index (χ0n) is 26.2. The van der Waals surface area contributed by atoms with Gasteiger partial charge in [-0.3, -0.25) is 4.79 Å². The number of hydrogen-bond donors (Lipinski definition) is 3. The van der Waals surface area contributed by atoms with Crippen molar-refractivity contribution in [2.24, 2.45) is 0 Å². The number of ether oxygens (including phenoxy) is 1. The standard InChI is InChI=1S/C35H39BrN6O3/c1-34(2,3)45-33(44)39-35(4,5)32(43)38-29(20-25-21-37-28-14-10-9-13-27(25)28)31-41-40-30(19-23-11-7-6-8-12-23)42(31)22-24-15-17-26(36)18-16-24/h6-18,21,29,37H,19-20,22H2,1-5H3,(H,38,43)(H,39,44)/t29-/m1/s1. The van der Waals surface area contributed by atoms with Crippen molar-refractivity contribution < 1.29 is 14.3 Å². The van der Waals surface area contributed by atoms with Crippen molar-refractivity contribution in [3.63, 3.8) is 0 Å². The maximum atomic E-state index is 13.9. The van der Waals surface area contributed by atoms with Crippen LogP contribution in [0.15, 0.2) is 89.5 Å². The van der Waals surface area contributed by atoms with E-state index in [0.717, 1.165) is 37.9 Å². The summed E-state index contributed by atoms with van der Waals surface area (Å²) < 4.78 is 8.51. The van der Waals surface area contributed by atoms with Crippen molar-refractivity contribution in [1.82, 2.24) is 30.4 Å². The molecule has 0 aliphatic carbocycles. The molecule has 2 amide bonds. The summed E-state index contributed by atoms with van der Waals surface area (Å²) in [4.78, 5) is 29.9. The molecule has 0 spiro atoms. The Morgan fingerprint density at radius 2 is 1.60 bits per heavy atom. The Morgan fingerprint density at radius 3 is 2.31 bits per heavy atom. The molecule has 234 valence electrons. The minimum absolute atomic E-state index is 0.374. The molecule has 10 heteroatoms. The number of aromatic nitrogens is 4. The Bertz CT molecular complexity index is 1770. The number of halogens is 1. The molecule has 3 aromatic carbocycles. The van der Waals surface area contributed by atoms with Crippen molar-refractivity contribution in [1.29, 1.82) is 0 Å². The molecule has 45 heavy (non-hydrogen) atoms. The van der Waals surface area contributed by atoms with Gasteiger partial charge < -0.3 is 24.9 Å². The maximum absolute atomic E-state index is 13.9. The number of nitrogens with zero attached hydrogens (tertiary/aromatic N) is 3. The Labute approximate surface area is 271 Å². The molecule has 0 radical (unpaired) electrons. The number of benzene rings is 3. The summed E-state index contributed by atoms with van der Waals surface area (Å²) in [5, 5.41) is 16.3. The molecule has 0 bridgehead atoms. The molecule has 0 aliphatic rings. The Kier molecular flexibility index (Phi) is 9.43. The van der Waals surface area contributed by atoms with Gasteiger partial charge in [-0.05, 0) is 69.5 Å². The molecule has 9 nitrogen and oxygen atoms in total. The molecule has 0 unspecified atom stereocenters. The number of para-hydroxylation sites is 1. The molecule has 0 aliphatic heterocycles. The number of hydrogen-bond acceptors (Lipinski definition) is 5. The third-order valence-corrected chi connectivity index (χ3v) is 7.94. The van der Waals surface area contributed by atoms with Crippen LogP contribution in [0.2, 0.25) is 0 Å². The van der Waals surface area contributed by atoms with Crippen LogP contribution in [0.1, 0.15) is 69.0 Å². The highest BCUT2D eigenvalue weighted by Crippen LogP contribution is 2.27. The van der Waals surface area contributed by atoms with Crippen LogP contribution in [0, 0.1) is 0 Å². The molecule has 3 N–H and O–H groups in total. The predicted octanol–water partition coefficient (Wildman–Crippen LogP) is 6.86. The molecule has 2 heterocycles. The summed E-state index contributed by atoms with van der Waals surface area (Å²) in [6.07, 6.45) is 2.32. The lowest BCUT2D eigenvalue weighted by Crippen LogP contribution is -2.56. The molecule has 0 fully saturated rings. The fraction of sp³-hybridized carbons (Fsp3) is 0.314. The predicted molar refractivity (Wildman–Crippen MR) is 179 cm³/mol. The van der Waals surface area contributed by atoms with Gasteiger partial charge >= 0.3 is 6.09 Å². The van der Waals surface area contributed by atoms with Crippen LogP contribution in [0.4, 0.5) is 4.79 Å². The Balaban J connectivity index is 1.53. The summed E-state index contributed by atoms with van der Waals surface area (Å²) in [6.45, 7) is 9.16. The molecule has 0 saturated carbocycles. The Hall–Kier alpha value is -4.44. The van der Waals surface area contributed by atoms with Crippen LogP contribution in [0.5, 0.6) is 0 Å². The Morgan fingerprint density at radius 1 is 0.911 bits per heavy atom. The second kappa shape index (κ2) is 13.3. The maximum Gasteiger partial charge on any atom is 0.408 e. The van der Waals surface area contributed by atoms with Crippen LogP contribution in [0.25, 0.3) is 10.9 Å². The van der Waals surface area contributed by atoms with Crippen molar-refractivity contribution in [3.8, 4) is 0 Å². The fourth-order valence-electron chi connectivity index (χ4n) is 5.14. The highest BCUT2D eigenvalue weighted by atomic mass is 79.9. The van der Waals surface area contributed by atoms with Crippen LogP contribution in [0.3, 0.4) is 0 Å². The van der Waals surface area contributed by atoms with E-state index in [2.05, 4.69) is 71.5 Å². The van der Waals surface area contributed by atoms with Crippen molar-refractivity contribution in [2.75, 3.05) is 0 Å². The lowest BCUT2D eigenvalue weighted by Gasteiger charge is -2.29. The van der Waals surface area contributed by atoms with Gasteiger partial charge in [0.15, 0.2) is 5.82 Å². The second-order valence-corrected chi connectivity index (χ2v) is 13.6. The topological polar surface area (TPSA) is 114 Å². The van der Waals surface area contributed by atoms with Gasteiger partial charge in [0.05, 0.1) is 12.6 Å². The van der Waals surface area contributed by atoms with Gasteiger partial charge in [-0.25, -0.2) is 4.79 Å². The SMILES string of the molecule is CC(C)(C)OC(=O)NC(C)(C)C(=O)N[C@H](Cc1c[nH]c2ccccc12)c1nnc(Cc2ccccc2)n1Cc1ccc(Br)cc1. The average Bonchev–Trinajstić information content (AvgIpc) is 3.57. The molecule has 5 aromatic rings. The number of fused-ring (bicyclic) bond motifs is 1. The van der Waals surface area contributed by atoms with E-state index in [4.69, 9.17) is 9.84 Å². The van der Waals surface area contributed by atoms with Gasteiger partial charge in [0.25, 0.3) is 0 Å². The van der Waals surface area contributed by atoms with E-state index >= 15 is 0 Å². The van der Waals surface area contributed by atoms with Crippen LogP contribution >= 0.6 is 15.9 Å². The van der Waals surface area contributed by atoms with E-state index in [1.165, 1.54) is 0 Å². The molecule has 0 saturated heterocycles.